The van der Waals surface area contributed by atoms with E-state index in [9.17, 15) is 14.4 Å². The molecule has 0 aliphatic heterocycles. The van der Waals surface area contributed by atoms with Crippen molar-refractivity contribution in [2.45, 2.75) is 39.7 Å². The molecule has 1 aromatic rings. The minimum Gasteiger partial charge on any atom is -0.467 e. The molecule has 0 saturated heterocycles. The summed E-state index contributed by atoms with van der Waals surface area (Å²) in [6, 6.07) is 4.47. The van der Waals surface area contributed by atoms with Crippen LogP contribution in [0, 0.1) is 0 Å². The molecule has 1 amide bonds. The van der Waals surface area contributed by atoms with Crippen LogP contribution in [0.2, 0.25) is 0 Å². The highest BCUT2D eigenvalue weighted by Crippen LogP contribution is 2.20. The van der Waals surface area contributed by atoms with Crippen molar-refractivity contribution in [2.75, 3.05) is 7.11 Å². The molecule has 1 rings (SSSR count). The summed E-state index contributed by atoms with van der Waals surface area (Å²) < 4.78 is 9.76. The van der Waals surface area contributed by atoms with Crippen molar-refractivity contribution < 1.29 is 23.9 Å². The monoisotopic (exact) mass is 307 g/mol. The van der Waals surface area contributed by atoms with Gasteiger partial charge in [0.2, 0.25) is 5.91 Å². The van der Waals surface area contributed by atoms with E-state index in [4.69, 9.17) is 9.47 Å². The predicted octanol–water partition coefficient (Wildman–Crippen LogP) is 1.39. The highest BCUT2D eigenvalue weighted by atomic mass is 16.5. The molecule has 0 bridgehead atoms. The van der Waals surface area contributed by atoms with Gasteiger partial charge in [-0.2, -0.15) is 0 Å². The number of methoxy groups -OCH3 is 1. The lowest BCUT2D eigenvalue weighted by atomic mass is 9.98. The number of carbonyl (C=O) groups excluding carboxylic acids is 3. The lowest BCUT2D eigenvalue weighted by Gasteiger charge is -2.17. The summed E-state index contributed by atoms with van der Waals surface area (Å²) >= 11 is 0. The van der Waals surface area contributed by atoms with Crippen LogP contribution in [-0.4, -0.2) is 31.0 Å². The topological polar surface area (TPSA) is 81.7 Å². The lowest BCUT2D eigenvalue weighted by molar-refractivity contribution is -0.144. The van der Waals surface area contributed by atoms with Crippen LogP contribution in [0.25, 0.3) is 0 Å². The van der Waals surface area contributed by atoms with Crippen LogP contribution >= 0.6 is 0 Å². The van der Waals surface area contributed by atoms with E-state index in [-0.39, 0.29) is 11.9 Å². The number of amides is 1. The first-order valence-corrected chi connectivity index (χ1v) is 7.02. The first-order valence-electron chi connectivity index (χ1n) is 7.02. The summed E-state index contributed by atoms with van der Waals surface area (Å²) in [5.74, 6) is -0.728. The molecule has 6 heteroatoms. The minimum atomic E-state index is -0.743. The largest absolute Gasteiger partial charge is 0.467 e. The quantitative estimate of drug-likeness (QED) is 0.634. The average Bonchev–Trinajstić information content (AvgIpc) is 2.46. The van der Waals surface area contributed by atoms with Crippen molar-refractivity contribution in [3.8, 4) is 5.75 Å². The molecule has 120 valence electrons. The van der Waals surface area contributed by atoms with Crippen molar-refractivity contribution in [2.24, 2.45) is 0 Å². The Bertz CT molecular complexity index is 568. The van der Waals surface area contributed by atoms with E-state index in [1.54, 1.807) is 18.2 Å². The Kier molecular flexibility index (Phi) is 6.56. The predicted molar refractivity (Wildman–Crippen MR) is 80.5 cm³/mol. The van der Waals surface area contributed by atoms with Crippen LogP contribution in [0.15, 0.2) is 18.2 Å². The molecule has 0 spiro atoms. The van der Waals surface area contributed by atoms with Gasteiger partial charge < -0.3 is 14.8 Å². The fraction of sp³-hybridized carbons (Fsp3) is 0.438. The van der Waals surface area contributed by atoms with Crippen LogP contribution in [0.3, 0.4) is 0 Å². The molecule has 22 heavy (non-hydrogen) atoms. The number of nitrogens with one attached hydrogen (secondary N) is 1. The molecular weight excluding hydrogens is 286 g/mol. The van der Waals surface area contributed by atoms with Crippen LogP contribution in [0.4, 0.5) is 0 Å². The maximum Gasteiger partial charge on any atom is 0.328 e. The Hall–Kier alpha value is -2.37. The van der Waals surface area contributed by atoms with Crippen LogP contribution in [0.5, 0.6) is 5.75 Å². The number of benzene rings is 1. The van der Waals surface area contributed by atoms with E-state index in [0.717, 1.165) is 11.1 Å². The molecule has 0 heterocycles. The van der Waals surface area contributed by atoms with E-state index in [1.807, 2.05) is 6.92 Å². The molecular formula is C16H21NO5. The fourth-order valence-electron chi connectivity index (χ4n) is 2.16. The van der Waals surface area contributed by atoms with Crippen molar-refractivity contribution in [1.82, 2.24) is 5.32 Å². The van der Waals surface area contributed by atoms with Gasteiger partial charge in [0, 0.05) is 20.3 Å². The average molecular weight is 307 g/mol. The van der Waals surface area contributed by atoms with Gasteiger partial charge in [-0.3, -0.25) is 9.59 Å². The molecule has 1 N–H and O–H groups in total. The molecule has 0 saturated carbocycles. The Labute approximate surface area is 129 Å². The van der Waals surface area contributed by atoms with Gasteiger partial charge in [0.15, 0.2) is 0 Å². The number of hydrogen-bond acceptors (Lipinski definition) is 5. The van der Waals surface area contributed by atoms with Crippen LogP contribution in [-0.2, 0) is 32.0 Å². The van der Waals surface area contributed by atoms with E-state index in [0.29, 0.717) is 18.6 Å². The second kappa shape index (κ2) is 8.17. The molecule has 0 radical (unpaired) electrons. The second-order valence-electron chi connectivity index (χ2n) is 4.86. The van der Waals surface area contributed by atoms with Gasteiger partial charge in [-0.25, -0.2) is 4.79 Å². The van der Waals surface area contributed by atoms with Crippen molar-refractivity contribution in [3.05, 3.63) is 29.3 Å². The summed E-state index contributed by atoms with van der Waals surface area (Å²) in [5.41, 5.74) is 1.83. The Morgan fingerprint density at radius 1 is 1.18 bits per heavy atom. The van der Waals surface area contributed by atoms with Crippen molar-refractivity contribution in [3.63, 3.8) is 0 Å². The van der Waals surface area contributed by atoms with E-state index >= 15 is 0 Å². The van der Waals surface area contributed by atoms with Gasteiger partial charge in [0.1, 0.15) is 11.8 Å². The number of aryl methyl sites for hydroxylation is 1. The summed E-state index contributed by atoms with van der Waals surface area (Å²) in [5, 5.41) is 2.58. The summed E-state index contributed by atoms with van der Waals surface area (Å²) in [6.45, 7) is 4.64. The molecule has 6 nitrogen and oxygen atoms in total. The molecule has 0 aliphatic rings. The van der Waals surface area contributed by atoms with Gasteiger partial charge in [-0.05, 0) is 29.7 Å². The zero-order chi connectivity index (χ0) is 16.7. The Balaban J connectivity index is 3.00. The third-order valence-electron chi connectivity index (χ3n) is 3.11. The van der Waals surface area contributed by atoms with E-state index < -0.39 is 12.0 Å². The minimum absolute atomic E-state index is 0.301. The second-order valence-corrected chi connectivity index (χ2v) is 4.86. The highest BCUT2D eigenvalue weighted by Gasteiger charge is 2.21. The maximum absolute atomic E-state index is 11.8. The molecule has 0 aliphatic carbocycles. The van der Waals surface area contributed by atoms with Gasteiger partial charge in [0.25, 0.3) is 0 Å². The van der Waals surface area contributed by atoms with Crippen molar-refractivity contribution in [1.29, 1.82) is 0 Å². The van der Waals surface area contributed by atoms with Crippen LogP contribution in [0.1, 0.15) is 31.9 Å². The normalized spacial score (nSPS) is 11.5. The third kappa shape index (κ3) is 5.20. The van der Waals surface area contributed by atoms with Gasteiger partial charge in [0.05, 0.1) is 7.11 Å². The van der Waals surface area contributed by atoms with Gasteiger partial charge >= 0.3 is 11.9 Å². The Morgan fingerprint density at radius 3 is 2.36 bits per heavy atom. The third-order valence-corrected chi connectivity index (χ3v) is 3.11. The SMILES string of the molecule is CCc1cc(OC(C)=O)ccc1C[C@H](NC(C)=O)C(=O)OC. The van der Waals surface area contributed by atoms with Crippen LogP contribution < -0.4 is 10.1 Å². The zero-order valence-corrected chi connectivity index (χ0v) is 13.3. The summed E-state index contributed by atoms with van der Waals surface area (Å²) in [6.07, 6.45) is 1.02. The highest BCUT2D eigenvalue weighted by molar-refractivity contribution is 5.83. The number of ether oxygens (including phenoxy) is 2. The summed E-state index contributed by atoms with van der Waals surface area (Å²) in [7, 11) is 1.28. The molecule has 1 atom stereocenters. The van der Waals surface area contributed by atoms with Gasteiger partial charge in [-0.15, -0.1) is 0 Å². The molecule has 0 fully saturated rings. The first kappa shape index (κ1) is 17.7. The maximum atomic E-state index is 11.8. The number of rotatable bonds is 6. The molecule has 1 aromatic carbocycles. The number of hydrogen-bond donors (Lipinski definition) is 1. The van der Waals surface area contributed by atoms with Crippen molar-refractivity contribution >= 4 is 17.8 Å². The first-order chi connectivity index (χ1) is 10.4. The van der Waals surface area contributed by atoms with E-state index in [1.165, 1.54) is 21.0 Å². The Morgan fingerprint density at radius 2 is 1.86 bits per heavy atom. The standard InChI is InChI=1S/C16H21NO5/c1-5-12-8-14(22-11(3)19)7-6-13(12)9-15(16(20)21-4)17-10(2)18/h6-8,15H,5,9H2,1-4H3,(H,17,18)/t15-/m0/s1. The lowest BCUT2D eigenvalue weighted by Crippen LogP contribution is -2.42. The van der Waals surface area contributed by atoms with E-state index in [2.05, 4.69) is 5.32 Å². The zero-order valence-electron chi connectivity index (χ0n) is 13.3. The van der Waals surface area contributed by atoms with Gasteiger partial charge in [-0.1, -0.05) is 13.0 Å². The molecule has 0 aromatic heterocycles. The summed E-state index contributed by atoms with van der Waals surface area (Å²) in [4.78, 5) is 34.0. The number of esters is 2. The smallest absolute Gasteiger partial charge is 0.328 e. The number of carbonyl (C=O) groups is 3. The fourth-order valence-corrected chi connectivity index (χ4v) is 2.16. The molecule has 0 unspecified atom stereocenters.